The van der Waals surface area contributed by atoms with E-state index in [1.54, 1.807) is 35.1 Å². The fraction of sp³-hybridized carbons (Fsp3) is 0.0625. The molecule has 0 bridgehead atoms. The van der Waals surface area contributed by atoms with Crippen molar-refractivity contribution >= 4 is 54.8 Å². The fourth-order valence-electron chi connectivity index (χ4n) is 2.11. The molecule has 3 aromatic rings. The Hall–Kier alpha value is -1.54. The molecule has 0 atom stereocenters. The van der Waals surface area contributed by atoms with Crippen LogP contribution in [0.3, 0.4) is 0 Å². The number of aromatic nitrogens is 2. The van der Waals surface area contributed by atoms with E-state index in [1.165, 1.54) is 18.3 Å². The van der Waals surface area contributed by atoms with Gasteiger partial charge in [-0.2, -0.15) is 5.10 Å². The SMILES string of the molecule is O=S(=O)([N-]c1cnn(Cc2ccc(Cl)c(Cl)c2)c1)c1ccc(Br)cc1. The largest absolute Gasteiger partial charge is 0.570 e. The molecule has 1 aromatic heterocycles. The van der Waals surface area contributed by atoms with Crippen LogP contribution in [-0.4, -0.2) is 18.2 Å². The lowest BCUT2D eigenvalue weighted by atomic mass is 10.2. The van der Waals surface area contributed by atoms with Crippen LogP contribution >= 0.6 is 39.1 Å². The third kappa shape index (κ3) is 4.55. The third-order valence-corrected chi connectivity index (χ3v) is 5.87. The second-order valence-corrected chi connectivity index (χ2v) is 8.50. The lowest BCUT2D eigenvalue weighted by molar-refractivity contribution is 0.603. The van der Waals surface area contributed by atoms with Gasteiger partial charge in [-0.05, 0) is 42.0 Å². The van der Waals surface area contributed by atoms with Crippen LogP contribution in [0, 0.1) is 0 Å². The van der Waals surface area contributed by atoms with Gasteiger partial charge in [0, 0.05) is 16.9 Å². The van der Waals surface area contributed by atoms with E-state index in [-0.39, 0.29) is 10.6 Å². The van der Waals surface area contributed by atoms with Gasteiger partial charge in [0.05, 0.1) is 21.5 Å². The molecule has 2 aromatic carbocycles. The summed E-state index contributed by atoms with van der Waals surface area (Å²) in [5, 5.41) is 5.06. The monoisotopic (exact) mass is 458 g/mol. The van der Waals surface area contributed by atoms with Crippen LogP contribution in [0.1, 0.15) is 5.56 Å². The average molecular weight is 460 g/mol. The number of halogens is 3. The number of benzene rings is 2. The molecule has 3 rings (SSSR count). The summed E-state index contributed by atoms with van der Waals surface area (Å²) in [6, 6.07) is 11.5. The maximum Gasteiger partial charge on any atom is 0.123 e. The lowest BCUT2D eigenvalue weighted by Gasteiger charge is -2.19. The Bertz CT molecular complexity index is 1000. The van der Waals surface area contributed by atoms with Gasteiger partial charge in [-0.1, -0.05) is 50.9 Å². The van der Waals surface area contributed by atoms with Crippen LogP contribution in [0.2, 0.25) is 10.0 Å². The quantitative estimate of drug-likeness (QED) is 0.513. The summed E-state index contributed by atoms with van der Waals surface area (Å²) in [6.45, 7) is 0.421. The Kier molecular flexibility index (Phi) is 5.38. The molecule has 0 amide bonds. The van der Waals surface area contributed by atoms with E-state index in [0.717, 1.165) is 10.0 Å². The molecule has 1 heterocycles. The van der Waals surface area contributed by atoms with Gasteiger partial charge in [0.15, 0.2) is 0 Å². The molecule has 0 radical (unpaired) electrons. The number of sulfonamides is 1. The Morgan fingerprint density at radius 1 is 1.08 bits per heavy atom. The lowest BCUT2D eigenvalue weighted by Crippen LogP contribution is -1.99. The topological polar surface area (TPSA) is 66.1 Å². The molecule has 0 fully saturated rings. The van der Waals surface area contributed by atoms with Crippen molar-refractivity contribution < 1.29 is 8.42 Å². The van der Waals surface area contributed by atoms with Crippen LogP contribution < -0.4 is 0 Å². The predicted molar refractivity (Wildman–Crippen MR) is 102 cm³/mol. The molecule has 0 aliphatic heterocycles. The molecule has 0 aliphatic carbocycles. The van der Waals surface area contributed by atoms with Crippen molar-refractivity contribution in [1.29, 1.82) is 0 Å². The highest BCUT2D eigenvalue weighted by Gasteiger charge is 2.06. The summed E-state index contributed by atoms with van der Waals surface area (Å²) in [5.74, 6) is 0. The smallest absolute Gasteiger partial charge is 0.123 e. The van der Waals surface area contributed by atoms with Gasteiger partial charge >= 0.3 is 0 Å². The third-order valence-electron chi connectivity index (χ3n) is 3.29. The summed E-state index contributed by atoms with van der Waals surface area (Å²) in [6.07, 6.45) is 2.95. The van der Waals surface area contributed by atoms with Gasteiger partial charge < -0.3 is 4.72 Å². The van der Waals surface area contributed by atoms with E-state index >= 15 is 0 Å². The molecule has 0 unspecified atom stereocenters. The standard InChI is InChI=1S/C16H11BrCl2N3O2S/c17-12-2-4-14(5-3-12)25(23,24)21-13-8-20-22(10-13)9-11-1-6-15(18)16(19)7-11/h1-8,10H,9H2/q-1. The Balaban J connectivity index is 1.74. The molecule has 0 aliphatic rings. The zero-order valence-corrected chi connectivity index (χ0v) is 16.5. The zero-order valence-electron chi connectivity index (χ0n) is 12.6. The van der Waals surface area contributed by atoms with Gasteiger partial charge in [0.25, 0.3) is 0 Å². The fourth-order valence-corrected chi connectivity index (χ4v) is 3.65. The number of nitrogens with zero attached hydrogens (tertiary/aromatic N) is 3. The molecule has 9 heteroatoms. The van der Waals surface area contributed by atoms with E-state index in [1.807, 2.05) is 6.07 Å². The van der Waals surface area contributed by atoms with E-state index in [9.17, 15) is 8.42 Å². The van der Waals surface area contributed by atoms with Crippen LogP contribution in [0.4, 0.5) is 5.69 Å². The average Bonchev–Trinajstić information content (AvgIpc) is 2.97. The minimum absolute atomic E-state index is 0.118. The van der Waals surface area contributed by atoms with Crippen LogP contribution in [0.25, 0.3) is 4.72 Å². The second kappa shape index (κ2) is 7.37. The van der Waals surface area contributed by atoms with Crippen molar-refractivity contribution in [2.75, 3.05) is 0 Å². The highest BCUT2D eigenvalue weighted by atomic mass is 79.9. The number of hydrogen-bond donors (Lipinski definition) is 0. The molecular weight excluding hydrogens is 449 g/mol. The maximum atomic E-state index is 12.3. The first-order valence-electron chi connectivity index (χ1n) is 7.03. The van der Waals surface area contributed by atoms with Gasteiger partial charge in [-0.3, -0.25) is 4.68 Å². The number of hydrogen-bond acceptors (Lipinski definition) is 3. The molecule has 5 nitrogen and oxygen atoms in total. The van der Waals surface area contributed by atoms with E-state index in [0.29, 0.717) is 16.6 Å². The minimum atomic E-state index is -3.79. The van der Waals surface area contributed by atoms with Crippen molar-refractivity contribution in [1.82, 2.24) is 9.78 Å². The van der Waals surface area contributed by atoms with Gasteiger partial charge in [0.2, 0.25) is 0 Å². The van der Waals surface area contributed by atoms with Gasteiger partial charge in [-0.25, -0.2) is 8.42 Å². The van der Waals surface area contributed by atoms with Crippen molar-refractivity contribution in [2.45, 2.75) is 11.4 Å². The Morgan fingerprint density at radius 2 is 1.80 bits per heavy atom. The first kappa shape index (κ1) is 18.3. The second-order valence-electron chi connectivity index (χ2n) is 5.16. The first-order chi connectivity index (χ1) is 11.8. The summed E-state index contributed by atoms with van der Waals surface area (Å²) < 4.78 is 30.8. The molecule has 0 saturated carbocycles. The van der Waals surface area contributed by atoms with E-state index < -0.39 is 10.0 Å². The minimum Gasteiger partial charge on any atom is -0.570 e. The maximum absolute atomic E-state index is 12.3. The molecule has 0 spiro atoms. The van der Waals surface area contributed by atoms with E-state index in [2.05, 4.69) is 25.8 Å². The van der Waals surface area contributed by atoms with E-state index in [4.69, 9.17) is 23.2 Å². The molecule has 130 valence electrons. The predicted octanol–water partition coefficient (Wildman–Crippen LogP) is 5.39. The number of rotatable bonds is 5. The highest BCUT2D eigenvalue weighted by Crippen LogP contribution is 2.28. The molecule has 0 N–H and O–H groups in total. The summed E-state index contributed by atoms with van der Waals surface area (Å²) >= 11 is 15.1. The van der Waals surface area contributed by atoms with Crippen LogP contribution in [0.15, 0.2) is 64.2 Å². The molecular formula is C16H11BrCl2N3O2S-. The van der Waals surface area contributed by atoms with Crippen LogP contribution in [0.5, 0.6) is 0 Å². The first-order valence-corrected chi connectivity index (χ1v) is 10.0. The highest BCUT2D eigenvalue weighted by molar-refractivity contribution is 9.10. The van der Waals surface area contributed by atoms with Crippen molar-refractivity contribution in [3.63, 3.8) is 0 Å². The zero-order chi connectivity index (χ0) is 18.0. The summed E-state index contributed by atoms with van der Waals surface area (Å²) in [7, 11) is -3.79. The Labute approximate surface area is 163 Å². The molecule has 25 heavy (non-hydrogen) atoms. The van der Waals surface area contributed by atoms with Gasteiger partial charge in [0.1, 0.15) is 10.0 Å². The van der Waals surface area contributed by atoms with Crippen molar-refractivity contribution in [3.05, 3.63) is 79.7 Å². The summed E-state index contributed by atoms with van der Waals surface area (Å²) in [5.41, 5.74) is 1.14. The normalized spacial score (nSPS) is 11.5. The summed E-state index contributed by atoms with van der Waals surface area (Å²) in [4.78, 5) is 0.118. The Morgan fingerprint density at radius 3 is 2.48 bits per heavy atom. The van der Waals surface area contributed by atoms with Crippen molar-refractivity contribution in [2.24, 2.45) is 0 Å². The molecule has 0 saturated heterocycles. The van der Waals surface area contributed by atoms with Gasteiger partial charge in [-0.15, -0.1) is 0 Å². The van der Waals surface area contributed by atoms with Crippen LogP contribution in [-0.2, 0) is 16.6 Å². The van der Waals surface area contributed by atoms with Crippen molar-refractivity contribution in [3.8, 4) is 0 Å².